The molecule has 0 aromatic heterocycles. The second-order valence-electron chi connectivity index (χ2n) is 3.77. The van der Waals surface area contributed by atoms with E-state index in [1.54, 1.807) is 0 Å². The fourth-order valence-corrected chi connectivity index (χ4v) is 1.84. The summed E-state index contributed by atoms with van der Waals surface area (Å²) < 4.78 is 0. The van der Waals surface area contributed by atoms with Crippen LogP contribution < -0.4 is 0 Å². The average molecular weight is 184 g/mol. The van der Waals surface area contributed by atoms with Crippen LogP contribution in [0.4, 0.5) is 0 Å². The van der Waals surface area contributed by atoms with Gasteiger partial charge in [0, 0.05) is 0 Å². The van der Waals surface area contributed by atoms with Gasteiger partial charge in [0.25, 0.3) is 0 Å². The summed E-state index contributed by atoms with van der Waals surface area (Å²) >= 11 is 0. The first-order chi connectivity index (χ1) is 6.24. The van der Waals surface area contributed by atoms with Gasteiger partial charge in [-0.25, -0.2) is 0 Å². The number of aliphatic hydroxyl groups is 1. The molecule has 78 valence electrons. The number of allylic oxidation sites excluding steroid dienone is 1. The van der Waals surface area contributed by atoms with E-state index in [4.69, 9.17) is 0 Å². The van der Waals surface area contributed by atoms with Gasteiger partial charge in [0.15, 0.2) is 0 Å². The third-order valence-corrected chi connectivity index (χ3v) is 2.38. The van der Waals surface area contributed by atoms with Crippen molar-refractivity contribution in [3.05, 3.63) is 12.2 Å². The summed E-state index contributed by atoms with van der Waals surface area (Å²) in [5, 5.41) is 9.59. The van der Waals surface area contributed by atoms with Gasteiger partial charge in [0.05, 0.1) is 6.10 Å². The van der Waals surface area contributed by atoms with Crippen molar-refractivity contribution >= 4 is 0 Å². The van der Waals surface area contributed by atoms with Gasteiger partial charge < -0.3 is 5.11 Å². The van der Waals surface area contributed by atoms with Crippen molar-refractivity contribution in [1.29, 1.82) is 0 Å². The first-order valence-electron chi connectivity index (χ1n) is 5.55. The van der Waals surface area contributed by atoms with Crippen LogP contribution in [-0.2, 0) is 0 Å². The van der Waals surface area contributed by atoms with Gasteiger partial charge in [-0.2, -0.15) is 0 Å². The van der Waals surface area contributed by atoms with Crippen molar-refractivity contribution in [2.45, 2.75) is 59.0 Å². The fraction of sp³-hybridized carbons (Fsp3) is 0.833. The van der Waals surface area contributed by atoms with Gasteiger partial charge in [-0.15, -0.1) is 0 Å². The second-order valence-corrected chi connectivity index (χ2v) is 3.77. The van der Waals surface area contributed by atoms with Crippen molar-refractivity contribution in [3.63, 3.8) is 0 Å². The molecule has 0 saturated heterocycles. The maximum Gasteiger partial charge on any atom is 0.0723 e. The average Bonchev–Trinajstić information content (AvgIpc) is 2.05. The standard InChI is InChI=1S/C12H24O/c1-4-7-11(8-5-2)10-12(13)9-6-3/h6,9,11-13H,4-5,7-8,10H2,1-3H3/b9-6+/t12-/m1/s1. The van der Waals surface area contributed by atoms with Crippen molar-refractivity contribution in [3.8, 4) is 0 Å². The third-order valence-electron chi connectivity index (χ3n) is 2.38. The molecule has 0 amide bonds. The highest BCUT2D eigenvalue weighted by molar-refractivity contribution is 4.86. The summed E-state index contributed by atoms with van der Waals surface area (Å²) in [6.07, 6.45) is 9.49. The number of aliphatic hydroxyl groups excluding tert-OH is 1. The molecule has 0 rings (SSSR count). The van der Waals surface area contributed by atoms with Crippen molar-refractivity contribution < 1.29 is 5.11 Å². The summed E-state index contributed by atoms with van der Waals surface area (Å²) in [5.74, 6) is 0.709. The van der Waals surface area contributed by atoms with Gasteiger partial charge in [0.2, 0.25) is 0 Å². The Labute approximate surface area is 82.9 Å². The molecule has 0 aliphatic rings. The summed E-state index contributed by atoms with van der Waals surface area (Å²) in [7, 11) is 0. The zero-order valence-electron chi connectivity index (χ0n) is 9.29. The molecule has 0 saturated carbocycles. The zero-order valence-corrected chi connectivity index (χ0v) is 9.29. The van der Waals surface area contributed by atoms with Crippen molar-refractivity contribution in [1.82, 2.24) is 0 Å². The van der Waals surface area contributed by atoms with E-state index < -0.39 is 0 Å². The van der Waals surface area contributed by atoms with Crippen LogP contribution in [0.3, 0.4) is 0 Å². The molecule has 0 aliphatic carbocycles. The van der Waals surface area contributed by atoms with E-state index in [0.717, 1.165) is 6.42 Å². The SMILES string of the molecule is C/C=C/[C@@H](O)CC(CCC)CCC. The Bertz CT molecular complexity index is 123. The highest BCUT2D eigenvalue weighted by atomic mass is 16.3. The van der Waals surface area contributed by atoms with E-state index >= 15 is 0 Å². The Morgan fingerprint density at radius 3 is 2.08 bits per heavy atom. The van der Waals surface area contributed by atoms with E-state index in [1.165, 1.54) is 25.7 Å². The molecule has 0 aromatic carbocycles. The predicted octanol–water partition coefficient (Wildman–Crippen LogP) is 3.53. The molecule has 0 aliphatic heterocycles. The molecule has 0 unspecified atom stereocenters. The molecular formula is C12H24O. The van der Waals surface area contributed by atoms with E-state index in [2.05, 4.69) is 13.8 Å². The second kappa shape index (κ2) is 8.31. The van der Waals surface area contributed by atoms with Gasteiger partial charge in [-0.3, -0.25) is 0 Å². The Morgan fingerprint density at radius 1 is 1.15 bits per heavy atom. The highest BCUT2D eigenvalue weighted by Crippen LogP contribution is 2.19. The van der Waals surface area contributed by atoms with Crippen LogP contribution in [-0.4, -0.2) is 11.2 Å². The quantitative estimate of drug-likeness (QED) is 0.600. The topological polar surface area (TPSA) is 20.2 Å². The Hall–Kier alpha value is -0.300. The maximum absolute atomic E-state index is 9.59. The Kier molecular flexibility index (Phi) is 8.11. The molecule has 0 fully saturated rings. The lowest BCUT2D eigenvalue weighted by atomic mass is 9.92. The summed E-state index contributed by atoms with van der Waals surface area (Å²) in [5.41, 5.74) is 0. The summed E-state index contributed by atoms with van der Waals surface area (Å²) in [6.45, 7) is 6.38. The highest BCUT2D eigenvalue weighted by Gasteiger charge is 2.10. The molecule has 1 atom stereocenters. The largest absolute Gasteiger partial charge is 0.389 e. The predicted molar refractivity (Wildman–Crippen MR) is 58.7 cm³/mol. The Morgan fingerprint density at radius 2 is 1.69 bits per heavy atom. The van der Waals surface area contributed by atoms with Crippen LogP contribution in [0.15, 0.2) is 12.2 Å². The van der Waals surface area contributed by atoms with Crippen LogP contribution in [0.5, 0.6) is 0 Å². The monoisotopic (exact) mass is 184 g/mol. The molecule has 0 radical (unpaired) electrons. The van der Waals surface area contributed by atoms with Crippen LogP contribution in [0.1, 0.15) is 52.9 Å². The van der Waals surface area contributed by atoms with Crippen molar-refractivity contribution in [2.24, 2.45) is 5.92 Å². The minimum Gasteiger partial charge on any atom is -0.389 e. The molecule has 1 N–H and O–H groups in total. The van der Waals surface area contributed by atoms with Crippen LogP contribution >= 0.6 is 0 Å². The Balaban J connectivity index is 3.78. The van der Waals surface area contributed by atoms with Gasteiger partial charge in [-0.1, -0.05) is 51.7 Å². The molecular weight excluding hydrogens is 160 g/mol. The number of hydrogen-bond donors (Lipinski definition) is 1. The minimum absolute atomic E-state index is 0.229. The van der Waals surface area contributed by atoms with E-state index in [0.29, 0.717) is 5.92 Å². The fourth-order valence-electron chi connectivity index (χ4n) is 1.84. The van der Waals surface area contributed by atoms with Crippen molar-refractivity contribution in [2.75, 3.05) is 0 Å². The smallest absolute Gasteiger partial charge is 0.0723 e. The number of rotatable bonds is 7. The van der Waals surface area contributed by atoms with Crippen LogP contribution in [0, 0.1) is 5.92 Å². The zero-order chi connectivity index (χ0) is 10.1. The molecule has 0 bridgehead atoms. The summed E-state index contributed by atoms with van der Waals surface area (Å²) in [6, 6.07) is 0. The molecule has 1 nitrogen and oxygen atoms in total. The van der Waals surface area contributed by atoms with Crippen LogP contribution in [0.25, 0.3) is 0 Å². The van der Waals surface area contributed by atoms with Gasteiger partial charge in [-0.05, 0) is 19.3 Å². The van der Waals surface area contributed by atoms with Crippen LogP contribution in [0.2, 0.25) is 0 Å². The normalized spacial score (nSPS) is 14.2. The minimum atomic E-state index is -0.229. The number of hydrogen-bond acceptors (Lipinski definition) is 1. The van der Waals surface area contributed by atoms with Gasteiger partial charge >= 0.3 is 0 Å². The lowest BCUT2D eigenvalue weighted by molar-refractivity contribution is 0.179. The van der Waals surface area contributed by atoms with E-state index in [9.17, 15) is 5.11 Å². The molecule has 0 spiro atoms. The van der Waals surface area contributed by atoms with E-state index in [-0.39, 0.29) is 6.10 Å². The first kappa shape index (κ1) is 12.7. The molecule has 1 heteroatoms. The molecule has 0 aromatic rings. The van der Waals surface area contributed by atoms with E-state index in [1.807, 2.05) is 19.1 Å². The molecule has 0 heterocycles. The lowest BCUT2D eigenvalue weighted by Gasteiger charge is -2.17. The van der Waals surface area contributed by atoms with Gasteiger partial charge in [0.1, 0.15) is 0 Å². The third kappa shape index (κ3) is 6.83. The first-order valence-corrected chi connectivity index (χ1v) is 5.55. The summed E-state index contributed by atoms with van der Waals surface area (Å²) in [4.78, 5) is 0. The molecule has 13 heavy (non-hydrogen) atoms. The maximum atomic E-state index is 9.59. The lowest BCUT2D eigenvalue weighted by Crippen LogP contribution is -2.11.